The van der Waals surface area contributed by atoms with Crippen LogP contribution in [-0.2, 0) is 10.0 Å². The molecule has 8 nitrogen and oxygen atoms in total. The van der Waals surface area contributed by atoms with E-state index >= 15 is 0 Å². The number of sulfonamides is 1. The van der Waals surface area contributed by atoms with E-state index in [0.29, 0.717) is 29.5 Å². The zero-order valence-electron chi connectivity index (χ0n) is 16.3. The number of pyridine rings is 1. The van der Waals surface area contributed by atoms with Crippen molar-refractivity contribution in [2.45, 2.75) is 37.7 Å². The summed E-state index contributed by atoms with van der Waals surface area (Å²) in [7, 11) is -3.59. The Morgan fingerprint density at radius 3 is 2.54 bits per heavy atom. The molecular weight excluding hydrogens is 398 g/mol. The Hall–Kier alpha value is -2.17. The summed E-state index contributed by atoms with van der Waals surface area (Å²) < 4.78 is 28.5. The lowest BCUT2D eigenvalue weighted by molar-refractivity contribution is 0.102. The number of ketones is 1. The highest BCUT2D eigenvalue weighted by Crippen LogP contribution is 2.23. The van der Waals surface area contributed by atoms with E-state index in [4.69, 9.17) is 0 Å². The zero-order valence-corrected chi connectivity index (χ0v) is 17.9. The number of aromatic amines is 1. The first kappa shape index (κ1) is 20.6. The van der Waals surface area contributed by atoms with Crippen LogP contribution in [0, 0.1) is 13.8 Å². The average Bonchev–Trinajstić information content (AvgIpc) is 3.22. The van der Waals surface area contributed by atoms with Crippen LogP contribution < -0.4 is 0 Å². The Morgan fingerprint density at radius 1 is 1.21 bits per heavy atom. The van der Waals surface area contributed by atoms with Crippen LogP contribution in [0.2, 0.25) is 0 Å². The molecular formula is C18H23N5O3S2. The van der Waals surface area contributed by atoms with Crippen molar-refractivity contribution in [2.24, 2.45) is 0 Å². The molecule has 0 aliphatic carbocycles. The third-order valence-corrected chi connectivity index (χ3v) is 7.45. The molecule has 0 amide bonds. The van der Waals surface area contributed by atoms with Crippen LogP contribution in [-0.4, -0.2) is 56.9 Å². The van der Waals surface area contributed by atoms with Crippen molar-refractivity contribution >= 4 is 33.2 Å². The van der Waals surface area contributed by atoms with Gasteiger partial charge < -0.3 is 4.98 Å². The van der Waals surface area contributed by atoms with Crippen LogP contribution in [0.25, 0.3) is 5.65 Å². The Balaban J connectivity index is 1.87. The molecule has 28 heavy (non-hydrogen) atoms. The number of Topliss-reactive ketones (excluding diaryl/α,β-unsaturated/α-hetero) is 1. The molecule has 3 aromatic heterocycles. The third kappa shape index (κ3) is 3.85. The van der Waals surface area contributed by atoms with Crippen molar-refractivity contribution in [3.63, 3.8) is 0 Å². The SMILES string of the molecule is CCN(CC)S(=O)(=O)c1ccc2nnc(SCC(=O)c3cc(C)[nH]c3C)n2c1. The number of nitrogens with one attached hydrogen (secondary N) is 1. The van der Waals surface area contributed by atoms with Gasteiger partial charge in [-0.1, -0.05) is 25.6 Å². The number of rotatable bonds is 8. The second kappa shape index (κ2) is 8.06. The Morgan fingerprint density at radius 2 is 1.93 bits per heavy atom. The molecule has 0 radical (unpaired) electrons. The maximum Gasteiger partial charge on any atom is 0.244 e. The average molecular weight is 422 g/mol. The summed E-state index contributed by atoms with van der Waals surface area (Å²) >= 11 is 1.23. The number of H-pyrrole nitrogens is 1. The summed E-state index contributed by atoms with van der Waals surface area (Å²) in [4.78, 5) is 15.8. The van der Waals surface area contributed by atoms with Gasteiger partial charge in [-0.2, -0.15) is 4.31 Å². The fraction of sp³-hybridized carbons (Fsp3) is 0.389. The molecule has 0 saturated heterocycles. The Bertz CT molecular complexity index is 1110. The van der Waals surface area contributed by atoms with E-state index in [1.165, 1.54) is 28.3 Å². The van der Waals surface area contributed by atoms with Crippen LogP contribution in [0.15, 0.2) is 34.4 Å². The molecule has 0 unspecified atom stereocenters. The Kier molecular flexibility index (Phi) is 5.92. The lowest BCUT2D eigenvalue weighted by atomic mass is 10.2. The molecule has 3 aromatic rings. The topological polar surface area (TPSA) is 100 Å². The fourth-order valence-corrected chi connectivity index (χ4v) is 5.29. The lowest BCUT2D eigenvalue weighted by Crippen LogP contribution is -2.30. The normalized spacial score (nSPS) is 12.2. The number of hydrogen-bond donors (Lipinski definition) is 1. The highest BCUT2D eigenvalue weighted by molar-refractivity contribution is 7.99. The molecule has 0 aromatic carbocycles. The van der Waals surface area contributed by atoms with Gasteiger partial charge in [-0.3, -0.25) is 9.20 Å². The standard InChI is InChI=1S/C18H23N5O3S2/c1-5-22(6-2)28(25,26)14-7-8-17-20-21-18(23(17)10-14)27-11-16(24)15-9-12(3)19-13(15)4/h7-10,19H,5-6,11H2,1-4H3. The van der Waals surface area contributed by atoms with Crippen molar-refractivity contribution in [2.75, 3.05) is 18.8 Å². The third-order valence-electron chi connectivity index (χ3n) is 4.47. The molecule has 3 rings (SSSR count). The van der Waals surface area contributed by atoms with Gasteiger partial charge in [0.05, 0.1) is 10.6 Å². The largest absolute Gasteiger partial charge is 0.362 e. The van der Waals surface area contributed by atoms with Gasteiger partial charge in [0.25, 0.3) is 0 Å². The van der Waals surface area contributed by atoms with Gasteiger partial charge >= 0.3 is 0 Å². The summed E-state index contributed by atoms with van der Waals surface area (Å²) in [5, 5.41) is 8.65. The first-order valence-electron chi connectivity index (χ1n) is 8.95. The van der Waals surface area contributed by atoms with Crippen molar-refractivity contribution in [3.05, 3.63) is 41.3 Å². The van der Waals surface area contributed by atoms with Gasteiger partial charge in [-0.25, -0.2) is 8.42 Å². The molecule has 0 spiro atoms. The highest BCUT2D eigenvalue weighted by Gasteiger charge is 2.23. The lowest BCUT2D eigenvalue weighted by Gasteiger charge is -2.18. The van der Waals surface area contributed by atoms with Gasteiger partial charge in [0.1, 0.15) is 0 Å². The maximum absolute atomic E-state index is 12.8. The fourth-order valence-electron chi connectivity index (χ4n) is 3.04. The van der Waals surface area contributed by atoms with Crippen molar-refractivity contribution in [1.29, 1.82) is 0 Å². The quantitative estimate of drug-likeness (QED) is 0.443. The monoisotopic (exact) mass is 421 g/mol. The maximum atomic E-state index is 12.8. The Labute approximate surface area is 168 Å². The van der Waals surface area contributed by atoms with Crippen LogP contribution in [0.4, 0.5) is 0 Å². The van der Waals surface area contributed by atoms with E-state index in [0.717, 1.165) is 11.4 Å². The molecule has 3 heterocycles. The number of nitrogens with zero attached hydrogens (tertiary/aromatic N) is 4. The van der Waals surface area contributed by atoms with E-state index in [1.54, 1.807) is 24.3 Å². The minimum Gasteiger partial charge on any atom is -0.362 e. The zero-order chi connectivity index (χ0) is 20.5. The van der Waals surface area contributed by atoms with Crippen molar-refractivity contribution < 1.29 is 13.2 Å². The minimum absolute atomic E-state index is 0.0180. The summed E-state index contributed by atoms with van der Waals surface area (Å²) in [6.45, 7) is 8.16. The number of thioether (sulfide) groups is 1. The second-order valence-corrected chi connectivity index (χ2v) is 9.25. The predicted octanol–water partition coefficient (Wildman–Crippen LogP) is 2.68. The van der Waals surface area contributed by atoms with Gasteiger partial charge in [0.2, 0.25) is 10.0 Å². The molecule has 0 fully saturated rings. The number of hydrogen-bond acceptors (Lipinski definition) is 6. The summed E-state index contributed by atoms with van der Waals surface area (Å²) in [6, 6.07) is 4.98. The summed E-state index contributed by atoms with van der Waals surface area (Å²) in [5.74, 6) is 0.168. The first-order chi connectivity index (χ1) is 13.3. The molecule has 0 atom stereocenters. The molecule has 10 heteroatoms. The van der Waals surface area contributed by atoms with E-state index in [2.05, 4.69) is 15.2 Å². The van der Waals surface area contributed by atoms with Gasteiger partial charge in [-0.05, 0) is 32.0 Å². The number of fused-ring (bicyclic) bond motifs is 1. The van der Waals surface area contributed by atoms with E-state index in [-0.39, 0.29) is 16.4 Å². The first-order valence-corrected chi connectivity index (χ1v) is 11.4. The molecule has 0 bridgehead atoms. The van der Waals surface area contributed by atoms with E-state index in [1.807, 2.05) is 19.9 Å². The molecule has 1 N–H and O–H groups in total. The molecule has 0 aliphatic heterocycles. The van der Waals surface area contributed by atoms with Crippen LogP contribution in [0.1, 0.15) is 35.6 Å². The number of aromatic nitrogens is 4. The number of carbonyl (C=O) groups excluding carboxylic acids is 1. The molecule has 0 aliphatic rings. The van der Waals surface area contributed by atoms with Crippen LogP contribution in [0.3, 0.4) is 0 Å². The minimum atomic E-state index is -3.59. The van der Waals surface area contributed by atoms with Crippen LogP contribution in [0.5, 0.6) is 0 Å². The number of carbonyl (C=O) groups is 1. The van der Waals surface area contributed by atoms with Gasteiger partial charge in [0, 0.05) is 36.2 Å². The summed E-state index contributed by atoms with van der Waals surface area (Å²) in [6.07, 6.45) is 1.52. The van der Waals surface area contributed by atoms with E-state index < -0.39 is 10.0 Å². The van der Waals surface area contributed by atoms with Gasteiger partial charge in [0.15, 0.2) is 16.6 Å². The predicted molar refractivity (Wildman–Crippen MR) is 108 cm³/mol. The highest BCUT2D eigenvalue weighted by atomic mass is 32.2. The smallest absolute Gasteiger partial charge is 0.244 e. The van der Waals surface area contributed by atoms with Crippen molar-refractivity contribution in [3.8, 4) is 0 Å². The molecule has 150 valence electrons. The van der Waals surface area contributed by atoms with Gasteiger partial charge in [-0.15, -0.1) is 10.2 Å². The molecule has 0 saturated carbocycles. The van der Waals surface area contributed by atoms with Crippen molar-refractivity contribution in [1.82, 2.24) is 23.9 Å². The van der Waals surface area contributed by atoms with Crippen LogP contribution >= 0.6 is 11.8 Å². The second-order valence-electron chi connectivity index (χ2n) is 6.37. The summed E-state index contributed by atoms with van der Waals surface area (Å²) in [5.41, 5.74) is 2.96. The van der Waals surface area contributed by atoms with E-state index in [9.17, 15) is 13.2 Å². The number of aryl methyl sites for hydroxylation is 2.